The number of halogens is 1. The standard InChI is InChI=1S/C14H18BrN3O4/c1-14(2,3)22-12(19)11-9(6-16)18(13(20)21-11)10-5-4-8(15)7-17-10/h4-5,7,9,11H,6,16H2,1-3H3/t9?,11-/m0/s1. The summed E-state index contributed by atoms with van der Waals surface area (Å²) in [7, 11) is 0. The van der Waals surface area contributed by atoms with E-state index in [1.807, 2.05) is 0 Å². The third kappa shape index (κ3) is 3.56. The lowest BCUT2D eigenvalue weighted by atomic mass is 10.1. The fraction of sp³-hybridized carbons (Fsp3) is 0.500. The second-order valence-corrected chi connectivity index (χ2v) is 6.76. The van der Waals surface area contributed by atoms with Gasteiger partial charge in [-0.3, -0.25) is 4.90 Å². The van der Waals surface area contributed by atoms with Gasteiger partial charge in [0.2, 0.25) is 6.10 Å². The molecule has 8 heteroatoms. The van der Waals surface area contributed by atoms with Gasteiger partial charge < -0.3 is 15.2 Å². The fourth-order valence-corrected chi connectivity index (χ4v) is 2.32. The Morgan fingerprint density at radius 3 is 2.68 bits per heavy atom. The Hall–Kier alpha value is -1.67. The third-order valence-corrected chi connectivity index (χ3v) is 3.41. The fourth-order valence-electron chi connectivity index (χ4n) is 2.08. The van der Waals surface area contributed by atoms with Crippen molar-refractivity contribution in [2.45, 2.75) is 38.5 Å². The molecule has 120 valence electrons. The van der Waals surface area contributed by atoms with Gasteiger partial charge in [0.1, 0.15) is 17.5 Å². The zero-order valence-corrected chi connectivity index (χ0v) is 14.2. The molecule has 1 aromatic rings. The monoisotopic (exact) mass is 371 g/mol. The summed E-state index contributed by atoms with van der Waals surface area (Å²) in [6.07, 6.45) is -0.180. The highest BCUT2D eigenvalue weighted by atomic mass is 79.9. The van der Waals surface area contributed by atoms with Gasteiger partial charge in [0.15, 0.2) is 0 Å². The highest BCUT2D eigenvalue weighted by Crippen LogP contribution is 2.27. The number of carbonyl (C=O) groups excluding carboxylic acids is 2. The summed E-state index contributed by atoms with van der Waals surface area (Å²) >= 11 is 3.27. The Balaban J connectivity index is 2.25. The van der Waals surface area contributed by atoms with Gasteiger partial charge in [-0.1, -0.05) is 0 Å². The van der Waals surface area contributed by atoms with Crippen molar-refractivity contribution in [1.29, 1.82) is 0 Å². The second-order valence-electron chi connectivity index (χ2n) is 5.85. The molecule has 1 fully saturated rings. The van der Waals surface area contributed by atoms with Gasteiger partial charge in [-0.25, -0.2) is 14.6 Å². The average molecular weight is 372 g/mol. The van der Waals surface area contributed by atoms with Crippen LogP contribution in [0.5, 0.6) is 0 Å². The number of nitrogens with zero attached hydrogens (tertiary/aromatic N) is 2. The number of pyridine rings is 1. The Kier molecular flexibility index (Phi) is 4.72. The number of cyclic esters (lactones) is 1. The number of ether oxygens (including phenoxy) is 2. The largest absolute Gasteiger partial charge is 0.457 e. The molecular formula is C14H18BrN3O4. The summed E-state index contributed by atoms with van der Waals surface area (Å²) in [6.45, 7) is 5.28. The van der Waals surface area contributed by atoms with Crippen molar-refractivity contribution in [3.63, 3.8) is 0 Å². The van der Waals surface area contributed by atoms with E-state index in [1.165, 1.54) is 4.90 Å². The maximum Gasteiger partial charge on any atom is 0.416 e. The SMILES string of the molecule is CC(C)(C)OC(=O)[C@H]1OC(=O)N(c2ccc(Br)cn2)C1CN. The smallest absolute Gasteiger partial charge is 0.416 e. The summed E-state index contributed by atoms with van der Waals surface area (Å²) in [5.41, 5.74) is 5.05. The number of rotatable bonds is 3. The van der Waals surface area contributed by atoms with E-state index < -0.39 is 29.8 Å². The molecule has 1 amide bonds. The normalized spacial score (nSPS) is 21.7. The predicted molar refractivity (Wildman–Crippen MR) is 83.4 cm³/mol. The minimum atomic E-state index is -1.07. The van der Waals surface area contributed by atoms with Gasteiger partial charge in [-0.05, 0) is 48.8 Å². The molecule has 1 aliphatic rings. The van der Waals surface area contributed by atoms with Gasteiger partial charge >= 0.3 is 12.1 Å². The van der Waals surface area contributed by atoms with Crippen LogP contribution in [0.2, 0.25) is 0 Å². The van der Waals surface area contributed by atoms with E-state index in [-0.39, 0.29) is 6.54 Å². The first-order chi connectivity index (χ1) is 10.2. The van der Waals surface area contributed by atoms with Crippen LogP contribution in [0.4, 0.5) is 10.6 Å². The van der Waals surface area contributed by atoms with Gasteiger partial charge in [0.05, 0.1) is 0 Å². The maximum atomic E-state index is 12.2. The molecule has 7 nitrogen and oxygen atoms in total. The highest BCUT2D eigenvalue weighted by molar-refractivity contribution is 9.10. The van der Waals surface area contributed by atoms with Crippen molar-refractivity contribution in [1.82, 2.24) is 4.98 Å². The van der Waals surface area contributed by atoms with Gasteiger partial charge in [-0.2, -0.15) is 0 Å². The summed E-state index contributed by atoms with van der Waals surface area (Å²) in [6, 6.07) is 2.73. The summed E-state index contributed by atoms with van der Waals surface area (Å²) in [5, 5.41) is 0. The molecule has 0 bridgehead atoms. The lowest BCUT2D eigenvalue weighted by Crippen LogP contribution is -2.47. The molecule has 0 spiro atoms. The van der Waals surface area contributed by atoms with Crippen molar-refractivity contribution < 1.29 is 19.1 Å². The van der Waals surface area contributed by atoms with E-state index in [9.17, 15) is 9.59 Å². The molecule has 2 N–H and O–H groups in total. The Bertz CT molecular complexity index is 570. The molecule has 0 radical (unpaired) electrons. The Morgan fingerprint density at radius 1 is 1.50 bits per heavy atom. The molecular weight excluding hydrogens is 354 g/mol. The molecule has 0 aliphatic carbocycles. The number of amides is 1. The minimum Gasteiger partial charge on any atom is -0.457 e. The van der Waals surface area contributed by atoms with Crippen LogP contribution >= 0.6 is 15.9 Å². The number of hydrogen-bond donors (Lipinski definition) is 1. The summed E-state index contributed by atoms with van der Waals surface area (Å²) in [5.74, 6) is -0.245. The van der Waals surface area contributed by atoms with Crippen LogP contribution in [0.1, 0.15) is 20.8 Å². The first kappa shape index (κ1) is 16.7. The first-order valence-corrected chi connectivity index (χ1v) is 7.56. The predicted octanol–water partition coefficient (Wildman–Crippen LogP) is 1.84. The zero-order valence-electron chi connectivity index (χ0n) is 12.6. The van der Waals surface area contributed by atoms with Crippen LogP contribution in [0.3, 0.4) is 0 Å². The number of aromatic nitrogens is 1. The topological polar surface area (TPSA) is 94.8 Å². The summed E-state index contributed by atoms with van der Waals surface area (Å²) in [4.78, 5) is 29.7. The third-order valence-electron chi connectivity index (χ3n) is 2.94. The average Bonchev–Trinajstić information content (AvgIpc) is 2.75. The molecule has 1 aromatic heterocycles. The molecule has 0 aromatic carbocycles. The molecule has 1 aliphatic heterocycles. The lowest BCUT2D eigenvalue weighted by molar-refractivity contribution is -0.164. The zero-order chi connectivity index (χ0) is 16.5. The minimum absolute atomic E-state index is 0.0490. The van der Waals surface area contributed by atoms with Crippen molar-refractivity contribution in [3.05, 3.63) is 22.8 Å². The van der Waals surface area contributed by atoms with Crippen LogP contribution in [0, 0.1) is 0 Å². The molecule has 1 unspecified atom stereocenters. The van der Waals surface area contributed by atoms with Crippen LogP contribution < -0.4 is 10.6 Å². The molecule has 1 saturated heterocycles. The van der Waals surface area contributed by atoms with Crippen molar-refractivity contribution >= 4 is 33.8 Å². The molecule has 2 atom stereocenters. The summed E-state index contributed by atoms with van der Waals surface area (Å²) < 4.78 is 11.2. The lowest BCUT2D eigenvalue weighted by Gasteiger charge is -2.25. The highest BCUT2D eigenvalue weighted by Gasteiger charge is 2.48. The Labute approximate surface area is 136 Å². The quantitative estimate of drug-likeness (QED) is 0.814. The van der Waals surface area contributed by atoms with Gasteiger partial charge in [-0.15, -0.1) is 0 Å². The number of anilines is 1. The number of carbonyl (C=O) groups is 2. The van der Waals surface area contributed by atoms with E-state index in [0.29, 0.717) is 5.82 Å². The van der Waals surface area contributed by atoms with E-state index in [4.69, 9.17) is 15.2 Å². The van der Waals surface area contributed by atoms with Crippen molar-refractivity contribution in [2.75, 3.05) is 11.4 Å². The molecule has 2 rings (SSSR count). The molecule has 0 saturated carbocycles. The van der Waals surface area contributed by atoms with E-state index >= 15 is 0 Å². The van der Waals surface area contributed by atoms with Crippen molar-refractivity contribution in [2.24, 2.45) is 5.73 Å². The van der Waals surface area contributed by atoms with E-state index in [1.54, 1.807) is 39.1 Å². The molecule has 22 heavy (non-hydrogen) atoms. The van der Waals surface area contributed by atoms with Gasteiger partial charge in [0, 0.05) is 17.2 Å². The van der Waals surface area contributed by atoms with Gasteiger partial charge in [0.25, 0.3) is 0 Å². The molecule has 2 heterocycles. The first-order valence-electron chi connectivity index (χ1n) is 6.77. The van der Waals surface area contributed by atoms with E-state index in [0.717, 1.165) is 4.47 Å². The Morgan fingerprint density at radius 2 is 2.18 bits per heavy atom. The maximum absolute atomic E-state index is 12.2. The van der Waals surface area contributed by atoms with Crippen LogP contribution in [0.25, 0.3) is 0 Å². The van der Waals surface area contributed by atoms with E-state index in [2.05, 4.69) is 20.9 Å². The number of esters is 1. The van der Waals surface area contributed by atoms with Crippen molar-refractivity contribution in [3.8, 4) is 0 Å². The number of nitrogens with two attached hydrogens (primary N) is 1. The van der Waals surface area contributed by atoms with Crippen LogP contribution in [-0.4, -0.2) is 41.3 Å². The van der Waals surface area contributed by atoms with Crippen LogP contribution in [-0.2, 0) is 14.3 Å². The second kappa shape index (κ2) is 6.21. The van der Waals surface area contributed by atoms with Crippen LogP contribution in [0.15, 0.2) is 22.8 Å². The number of hydrogen-bond acceptors (Lipinski definition) is 6.